The second-order valence-electron chi connectivity index (χ2n) is 6.87. The summed E-state index contributed by atoms with van der Waals surface area (Å²) in [7, 11) is 0. The number of furan rings is 1. The smallest absolute Gasteiger partial charge is 0.289 e. The minimum absolute atomic E-state index is 0.0733. The fraction of sp³-hybridized carbons (Fsp3) is 0.227. The van der Waals surface area contributed by atoms with E-state index in [1.807, 2.05) is 42.5 Å². The molecule has 0 aliphatic carbocycles. The first kappa shape index (κ1) is 18.7. The molecule has 2 aromatic heterocycles. The largest absolute Gasteiger partial charge is 0.459 e. The summed E-state index contributed by atoms with van der Waals surface area (Å²) < 4.78 is 5.19. The molecule has 7 nitrogen and oxygen atoms in total. The Morgan fingerprint density at radius 2 is 1.76 bits per heavy atom. The first-order chi connectivity index (χ1) is 14.2. The first-order valence-corrected chi connectivity index (χ1v) is 9.56. The number of rotatable bonds is 5. The summed E-state index contributed by atoms with van der Waals surface area (Å²) in [4.78, 5) is 32.9. The predicted octanol–water partition coefficient (Wildman–Crippen LogP) is 2.82. The lowest BCUT2D eigenvalue weighted by atomic mass is 10.1. The molecule has 7 heteroatoms. The molecule has 1 aliphatic rings. The Bertz CT molecular complexity index is 947. The van der Waals surface area contributed by atoms with Crippen molar-refractivity contribution in [2.24, 2.45) is 0 Å². The number of amides is 2. The second kappa shape index (κ2) is 8.60. The first-order valence-electron chi connectivity index (χ1n) is 9.56. The number of carbonyl (C=O) groups excluding carboxylic acids is 2. The lowest BCUT2D eigenvalue weighted by Crippen LogP contribution is -2.49. The van der Waals surface area contributed by atoms with E-state index in [-0.39, 0.29) is 11.8 Å². The third-order valence-corrected chi connectivity index (χ3v) is 4.86. The summed E-state index contributed by atoms with van der Waals surface area (Å²) in [6, 6.07) is 16.8. The summed E-state index contributed by atoms with van der Waals surface area (Å²) in [6.07, 6.45) is 3.50. The number of anilines is 2. The van der Waals surface area contributed by atoms with E-state index in [0.717, 1.165) is 11.4 Å². The average molecular weight is 390 g/mol. The van der Waals surface area contributed by atoms with Crippen molar-refractivity contribution in [2.75, 3.05) is 36.4 Å². The molecule has 1 aromatic carbocycles. The van der Waals surface area contributed by atoms with Crippen molar-refractivity contribution < 1.29 is 14.0 Å². The van der Waals surface area contributed by atoms with Gasteiger partial charge in [-0.15, -0.1) is 0 Å². The van der Waals surface area contributed by atoms with Crippen LogP contribution in [0.3, 0.4) is 0 Å². The lowest BCUT2D eigenvalue weighted by molar-refractivity contribution is -0.115. The van der Waals surface area contributed by atoms with E-state index in [1.165, 1.54) is 6.26 Å². The van der Waals surface area contributed by atoms with Crippen LogP contribution >= 0.6 is 0 Å². The Morgan fingerprint density at radius 1 is 0.966 bits per heavy atom. The van der Waals surface area contributed by atoms with E-state index in [0.29, 0.717) is 44.0 Å². The van der Waals surface area contributed by atoms with Crippen LogP contribution in [-0.4, -0.2) is 47.9 Å². The minimum Gasteiger partial charge on any atom is -0.459 e. The molecule has 0 saturated carbocycles. The van der Waals surface area contributed by atoms with Crippen molar-refractivity contribution in [3.05, 3.63) is 78.4 Å². The summed E-state index contributed by atoms with van der Waals surface area (Å²) in [6.45, 7) is 2.60. The number of hydrogen-bond donors (Lipinski definition) is 1. The molecule has 29 heavy (non-hydrogen) atoms. The van der Waals surface area contributed by atoms with E-state index in [4.69, 9.17) is 4.42 Å². The highest BCUT2D eigenvalue weighted by atomic mass is 16.3. The Hall–Kier alpha value is -3.61. The predicted molar refractivity (Wildman–Crippen MR) is 110 cm³/mol. The molecule has 3 aromatic rings. The average Bonchev–Trinajstić information content (AvgIpc) is 3.29. The highest BCUT2D eigenvalue weighted by Gasteiger charge is 2.24. The molecular weight excluding hydrogens is 368 g/mol. The zero-order valence-electron chi connectivity index (χ0n) is 16.0. The van der Waals surface area contributed by atoms with Crippen molar-refractivity contribution in [1.29, 1.82) is 0 Å². The van der Waals surface area contributed by atoms with Gasteiger partial charge >= 0.3 is 0 Å². The summed E-state index contributed by atoms with van der Waals surface area (Å²) in [5, 5.41) is 2.87. The van der Waals surface area contributed by atoms with Crippen LogP contribution < -0.4 is 10.2 Å². The molecule has 0 atom stereocenters. The van der Waals surface area contributed by atoms with Crippen LogP contribution in [0.25, 0.3) is 0 Å². The van der Waals surface area contributed by atoms with Gasteiger partial charge in [-0.25, -0.2) is 4.98 Å². The topological polar surface area (TPSA) is 78.7 Å². The number of hydrogen-bond acceptors (Lipinski definition) is 5. The van der Waals surface area contributed by atoms with Crippen molar-refractivity contribution in [3.63, 3.8) is 0 Å². The van der Waals surface area contributed by atoms with Crippen LogP contribution in [0.4, 0.5) is 11.5 Å². The minimum atomic E-state index is -0.0842. The van der Waals surface area contributed by atoms with Gasteiger partial charge in [-0.05, 0) is 29.8 Å². The number of benzene rings is 1. The van der Waals surface area contributed by atoms with Crippen LogP contribution in [0, 0.1) is 0 Å². The van der Waals surface area contributed by atoms with Crippen molar-refractivity contribution in [1.82, 2.24) is 9.88 Å². The van der Waals surface area contributed by atoms with Crippen molar-refractivity contribution >= 4 is 23.3 Å². The quantitative estimate of drug-likeness (QED) is 0.725. The Morgan fingerprint density at radius 3 is 2.41 bits per heavy atom. The summed E-state index contributed by atoms with van der Waals surface area (Å²) in [5.41, 5.74) is 1.64. The second-order valence-corrected chi connectivity index (χ2v) is 6.87. The van der Waals surface area contributed by atoms with Gasteiger partial charge < -0.3 is 19.5 Å². The third-order valence-electron chi connectivity index (χ3n) is 4.86. The highest BCUT2D eigenvalue weighted by molar-refractivity contribution is 5.92. The number of pyridine rings is 1. The lowest BCUT2D eigenvalue weighted by Gasteiger charge is -2.35. The molecule has 2 amide bonds. The number of carbonyl (C=O) groups is 2. The van der Waals surface area contributed by atoms with Crippen LogP contribution in [0.1, 0.15) is 16.1 Å². The molecule has 0 unspecified atom stereocenters. The fourth-order valence-electron chi connectivity index (χ4n) is 3.33. The van der Waals surface area contributed by atoms with Gasteiger partial charge in [0.1, 0.15) is 5.82 Å². The molecule has 148 valence electrons. The molecule has 1 fully saturated rings. The zero-order chi connectivity index (χ0) is 20.1. The monoisotopic (exact) mass is 390 g/mol. The molecule has 0 spiro atoms. The van der Waals surface area contributed by atoms with E-state index < -0.39 is 0 Å². The molecule has 1 aliphatic heterocycles. The maximum absolute atomic E-state index is 12.3. The maximum atomic E-state index is 12.3. The Labute approximate surface area is 169 Å². The van der Waals surface area contributed by atoms with Crippen LogP contribution in [0.2, 0.25) is 0 Å². The Balaban J connectivity index is 1.29. The number of piperazine rings is 1. The van der Waals surface area contributed by atoms with Gasteiger partial charge in [0.2, 0.25) is 5.91 Å². The van der Waals surface area contributed by atoms with Gasteiger partial charge in [-0.2, -0.15) is 0 Å². The number of nitrogens with one attached hydrogen (secondary N) is 1. The van der Waals surface area contributed by atoms with Gasteiger partial charge in [-0.3, -0.25) is 9.59 Å². The molecule has 0 bridgehead atoms. The standard InChI is InChI=1S/C22H22N4O3/c27-21(15-17-5-2-1-3-6-17)24-18-8-9-20(23-16-18)25-10-12-26(13-11-25)22(28)19-7-4-14-29-19/h1-9,14,16H,10-13,15H2,(H,24,27). The maximum Gasteiger partial charge on any atom is 0.289 e. The summed E-state index contributed by atoms with van der Waals surface area (Å²) >= 11 is 0. The van der Waals surface area contributed by atoms with Crippen LogP contribution in [0.5, 0.6) is 0 Å². The van der Waals surface area contributed by atoms with Gasteiger partial charge in [0.15, 0.2) is 5.76 Å². The molecule has 1 N–H and O–H groups in total. The van der Waals surface area contributed by atoms with E-state index >= 15 is 0 Å². The van der Waals surface area contributed by atoms with E-state index in [2.05, 4.69) is 15.2 Å². The molecule has 1 saturated heterocycles. The number of nitrogens with zero attached hydrogens (tertiary/aromatic N) is 3. The van der Waals surface area contributed by atoms with Gasteiger partial charge in [0.25, 0.3) is 5.91 Å². The van der Waals surface area contributed by atoms with Crippen LogP contribution in [-0.2, 0) is 11.2 Å². The Kier molecular flexibility index (Phi) is 5.56. The van der Waals surface area contributed by atoms with Crippen molar-refractivity contribution in [3.8, 4) is 0 Å². The normalized spacial score (nSPS) is 13.9. The van der Waals surface area contributed by atoms with E-state index in [9.17, 15) is 9.59 Å². The molecule has 3 heterocycles. The summed E-state index contributed by atoms with van der Waals surface area (Å²) in [5.74, 6) is 1.04. The zero-order valence-corrected chi connectivity index (χ0v) is 16.0. The van der Waals surface area contributed by atoms with Gasteiger partial charge in [-0.1, -0.05) is 30.3 Å². The van der Waals surface area contributed by atoms with Crippen LogP contribution in [0.15, 0.2) is 71.5 Å². The van der Waals surface area contributed by atoms with E-state index in [1.54, 1.807) is 23.2 Å². The SMILES string of the molecule is O=C(Cc1ccccc1)Nc1ccc(N2CCN(C(=O)c3ccco3)CC2)nc1. The molecule has 4 rings (SSSR count). The molecular formula is C22H22N4O3. The number of aromatic nitrogens is 1. The van der Waals surface area contributed by atoms with Gasteiger partial charge in [0.05, 0.1) is 24.6 Å². The molecule has 0 radical (unpaired) electrons. The fourth-order valence-corrected chi connectivity index (χ4v) is 3.33. The third kappa shape index (κ3) is 4.63. The van der Waals surface area contributed by atoms with Gasteiger partial charge in [0, 0.05) is 26.2 Å². The highest BCUT2D eigenvalue weighted by Crippen LogP contribution is 2.17. The van der Waals surface area contributed by atoms with Crippen molar-refractivity contribution in [2.45, 2.75) is 6.42 Å².